The number of fused-ring (bicyclic) bond motifs is 3. The first-order valence-electron chi connectivity index (χ1n) is 12.4. The summed E-state index contributed by atoms with van der Waals surface area (Å²) in [4.78, 5) is 53.4. The van der Waals surface area contributed by atoms with Gasteiger partial charge in [-0.3, -0.25) is 9.59 Å². The number of cyclic esters (lactones) is 2. The van der Waals surface area contributed by atoms with Crippen molar-refractivity contribution >= 4 is 23.7 Å². The quantitative estimate of drug-likeness (QED) is 0.276. The van der Waals surface area contributed by atoms with Crippen LogP contribution in [-0.2, 0) is 38.1 Å². The fourth-order valence-corrected chi connectivity index (χ4v) is 8.59. The summed E-state index contributed by atoms with van der Waals surface area (Å²) in [5.74, 6) is -3.85. The molecule has 3 aliphatic heterocycles. The molecule has 0 amide bonds. The fourth-order valence-electron chi connectivity index (χ4n) is 8.59. The highest BCUT2D eigenvalue weighted by Crippen LogP contribution is 2.79. The molecular formula is C27H30O10. The molecule has 1 N–H and O–H groups in total. The molecule has 3 saturated heterocycles. The topological polar surface area (TPSA) is 142 Å². The number of ketones is 1. The molecule has 198 valence electrons. The van der Waals surface area contributed by atoms with Crippen LogP contribution in [0.15, 0.2) is 35.2 Å². The van der Waals surface area contributed by atoms with E-state index in [0.717, 1.165) is 6.08 Å². The van der Waals surface area contributed by atoms with Crippen LogP contribution in [0, 0.1) is 28.1 Å². The zero-order valence-corrected chi connectivity index (χ0v) is 21.3. The van der Waals surface area contributed by atoms with Crippen molar-refractivity contribution in [3.63, 3.8) is 0 Å². The van der Waals surface area contributed by atoms with Gasteiger partial charge >= 0.3 is 17.9 Å². The van der Waals surface area contributed by atoms with Gasteiger partial charge in [-0.1, -0.05) is 13.0 Å². The number of aliphatic hydroxyl groups is 1. The third kappa shape index (κ3) is 2.58. The molecule has 4 heterocycles. The zero-order valence-electron chi connectivity index (χ0n) is 21.3. The Balaban J connectivity index is 1.58. The summed E-state index contributed by atoms with van der Waals surface area (Å²) >= 11 is 0. The van der Waals surface area contributed by atoms with E-state index >= 15 is 0 Å². The van der Waals surface area contributed by atoms with Crippen molar-refractivity contribution in [2.24, 2.45) is 28.1 Å². The summed E-state index contributed by atoms with van der Waals surface area (Å²) in [6.07, 6.45) is 2.43. The largest absolute Gasteiger partial charge is 0.472 e. The second-order valence-electron chi connectivity index (χ2n) is 11.9. The number of ether oxygens (including phenoxy) is 4. The van der Waals surface area contributed by atoms with Gasteiger partial charge in [-0.15, -0.1) is 0 Å². The third-order valence-corrected chi connectivity index (χ3v) is 10.1. The molecular weight excluding hydrogens is 484 g/mol. The molecule has 6 rings (SSSR count). The molecule has 0 radical (unpaired) electrons. The average molecular weight is 515 g/mol. The highest BCUT2D eigenvalue weighted by molar-refractivity contribution is 5.97. The average Bonchev–Trinajstić information content (AvgIpc) is 3.34. The van der Waals surface area contributed by atoms with Crippen LogP contribution in [0.2, 0.25) is 0 Å². The van der Waals surface area contributed by atoms with Crippen LogP contribution in [0.1, 0.15) is 52.2 Å². The Morgan fingerprint density at radius 2 is 1.89 bits per heavy atom. The Kier molecular flexibility index (Phi) is 4.68. The third-order valence-electron chi connectivity index (χ3n) is 10.1. The van der Waals surface area contributed by atoms with E-state index in [2.05, 4.69) is 0 Å². The number of hydrogen-bond acceptors (Lipinski definition) is 10. The van der Waals surface area contributed by atoms with Crippen molar-refractivity contribution < 1.29 is 47.6 Å². The number of furan rings is 1. The maximum Gasteiger partial charge on any atom is 0.339 e. The van der Waals surface area contributed by atoms with E-state index < -0.39 is 75.5 Å². The van der Waals surface area contributed by atoms with Crippen molar-refractivity contribution in [3.05, 3.63) is 36.3 Å². The lowest BCUT2D eigenvalue weighted by molar-refractivity contribution is -0.229. The van der Waals surface area contributed by atoms with Gasteiger partial charge in [-0.25, -0.2) is 9.59 Å². The fraction of sp³-hybridized carbons (Fsp3) is 0.630. The van der Waals surface area contributed by atoms with Crippen LogP contribution < -0.4 is 0 Å². The Morgan fingerprint density at radius 3 is 2.54 bits per heavy atom. The summed E-state index contributed by atoms with van der Waals surface area (Å²) in [5.41, 5.74) is -5.83. The van der Waals surface area contributed by atoms with Crippen molar-refractivity contribution in [3.8, 4) is 0 Å². The molecule has 2 aliphatic carbocycles. The molecule has 1 aromatic rings. The van der Waals surface area contributed by atoms with E-state index in [1.54, 1.807) is 26.8 Å². The first-order valence-corrected chi connectivity index (χ1v) is 12.4. The van der Waals surface area contributed by atoms with Crippen LogP contribution in [0.25, 0.3) is 0 Å². The molecule has 10 nitrogen and oxygen atoms in total. The van der Waals surface area contributed by atoms with Crippen LogP contribution in [0.4, 0.5) is 0 Å². The van der Waals surface area contributed by atoms with Gasteiger partial charge in [0.25, 0.3) is 0 Å². The molecule has 0 bridgehead atoms. The van der Waals surface area contributed by atoms with Gasteiger partial charge in [0, 0.05) is 35.3 Å². The highest BCUT2D eigenvalue weighted by Gasteiger charge is 2.91. The number of epoxide rings is 1. The summed E-state index contributed by atoms with van der Waals surface area (Å²) < 4.78 is 27.9. The standard InChI is InChI=1S/C27H30O10/c1-23(2)15-10-16(29)25(4)18(26(15,22(32)37-23)8-6-17(30)33-5)14(28)11-24(3)19(13-7-9-34-12-13)35-21(31)20-27(24,25)36-20/h6-9,12,14-15,18-20,28H,10-11H2,1-5H3/b8-6-/t14-,15?,18?,19+,20-,24+,25-,26+,27-/m1/s1. The van der Waals surface area contributed by atoms with Gasteiger partial charge in [0.1, 0.15) is 23.1 Å². The predicted molar refractivity (Wildman–Crippen MR) is 122 cm³/mol. The Labute approximate surface area is 213 Å². The maximum atomic E-state index is 14.3. The number of Topliss-reactive ketones (excluding diaryl/α,β-unsaturated/α-hetero) is 1. The molecule has 9 atom stereocenters. The van der Waals surface area contributed by atoms with Crippen LogP contribution in [-0.4, -0.2) is 59.3 Å². The van der Waals surface area contributed by atoms with Gasteiger partial charge in [0.15, 0.2) is 6.10 Å². The Morgan fingerprint density at radius 1 is 1.16 bits per heavy atom. The molecule has 2 unspecified atom stereocenters. The summed E-state index contributed by atoms with van der Waals surface area (Å²) in [6, 6.07) is 1.68. The van der Waals surface area contributed by atoms with Crippen LogP contribution >= 0.6 is 0 Å². The molecule has 2 saturated carbocycles. The molecule has 5 aliphatic rings. The van der Waals surface area contributed by atoms with Gasteiger partial charge in [-0.05, 0) is 33.3 Å². The molecule has 1 spiro atoms. The van der Waals surface area contributed by atoms with Crippen LogP contribution in [0.5, 0.6) is 0 Å². The Hall–Kier alpha value is -2.98. The lowest BCUT2D eigenvalue weighted by atomic mass is 9.37. The first-order chi connectivity index (χ1) is 17.3. The molecule has 37 heavy (non-hydrogen) atoms. The van der Waals surface area contributed by atoms with Gasteiger partial charge < -0.3 is 28.5 Å². The van der Waals surface area contributed by atoms with E-state index in [9.17, 15) is 24.3 Å². The summed E-state index contributed by atoms with van der Waals surface area (Å²) in [5, 5.41) is 11.9. The van der Waals surface area contributed by atoms with Crippen molar-refractivity contribution in [1.82, 2.24) is 0 Å². The minimum absolute atomic E-state index is 0.0639. The van der Waals surface area contributed by atoms with E-state index in [0.29, 0.717) is 5.56 Å². The minimum atomic E-state index is -1.53. The number of methoxy groups -OCH3 is 1. The molecule has 0 aromatic carbocycles. The number of carbonyl (C=O) groups excluding carboxylic acids is 4. The second-order valence-corrected chi connectivity index (χ2v) is 11.9. The zero-order chi connectivity index (χ0) is 26.8. The van der Waals surface area contributed by atoms with Gasteiger partial charge in [0.05, 0.1) is 36.6 Å². The molecule has 5 fully saturated rings. The van der Waals surface area contributed by atoms with E-state index in [4.69, 9.17) is 23.4 Å². The highest BCUT2D eigenvalue weighted by atomic mass is 16.7. The van der Waals surface area contributed by atoms with Crippen molar-refractivity contribution in [1.29, 1.82) is 0 Å². The monoisotopic (exact) mass is 514 g/mol. The lowest BCUT2D eigenvalue weighted by Gasteiger charge is -2.64. The van der Waals surface area contributed by atoms with Crippen LogP contribution in [0.3, 0.4) is 0 Å². The minimum Gasteiger partial charge on any atom is -0.472 e. The van der Waals surface area contributed by atoms with Crippen molar-refractivity contribution in [2.45, 2.75) is 70.1 Å². The SMILES string of the molecule is COC(=O)/C=C\[C@]12C(=O)OC(C)(C)C1CC(=O)[C@]1(C)C2[C@H](O)C[C@@]2(C)[C@H](c3ccoc3)OC(=O)[C@H]3O[C@]321. The number of rotatable bonds is 3. The molecule has 1 aromatic heterocycles. The van der Waals surface area contributed by atoms with Gasteiger partial charge in [0.2, 0.25) is 0 Å². The number of hydrogen-bond donors (Lipinski definition) is 1. The predicted octanol–water partition coefficient (Wildman–Crippen LogP) is 2.05. The Bertz CT molecular complexity index is 1250. The smallest absolute Gasteiger partial charge is 0.339 e. The number of aliphatic hydroxyl groups excluding tert-OH is 1. The summed E-state index contributed by atoms with van der Waals surface area (Å²) in [7, 11) is 1.22. The second kappa shape index (κ2) is 7.11. The molecule has 10 heteroatoms. The normalized spacial score (nSPS) is 47.3. The number of carbonyl (C=O) groups is 4. The van der Waals surface area contributed by atoms with E-state index in [1.165, 1.54) is 25.7 Å². The lowest BCUT2D eigenvalue weighted by Crippen LogP contribution is -2.74. The summed E-state index contributed by atoms with van der Waals surface area (Å²) in [6.45, 7) is 6.96. The van der Waals surface area contributed by atoms with E-state index in [1.807, 2.05) is 6.92 Å². The number of esters is 3. The first kappa shape index (κ1) is 24.4. The van der Waals surface area contributed by atoms with Gasteiger partial charge in [-0.2, -0.15) is 0 Å². The maximum absolute atomic E-state index is 14.3. The van der Waals surface area contributed by atoms with E-state index in [-0.39, 0.29) is 18.6 Å². The van der Waals surface area contributed by atoms with Crippen molar-refractivity contribution in [2.75, 3.05) is 7.11 Å².